The van der Waals surface area contributed by atoms with Crippen LogP contribution in [0.2, 0.25) is 0 Å². The average molecular weight is 383 g/mol. The van der Waals surface area contributed by atoms with Crippen molar-refractivity contribution in [2.75, 3.05) is 6.54 Å². The number of fused-ring (bicyclic) bond motifs is 2. The van der Waals surface area contributed by atoms with Crippen molar-refractivity contribution in [3.63, 3.8) is 0 Å². The Morgan fingerprint density at radius 2 is 1.64 bits per heavy atom. The molecule has 2 aromatic heterocycles. The van der Waals surface area contributed by atoms with Crippen LogP contribution in [0.4, 0.5) is 0 Å². The van der Waals surface area contributed by atoms with Gasteiger partial charge in [0.15, 0.2) is 0 Å². The van der Waals surface area contributed by atoms with Crippen LogP contribution in [0.3, 0.4) is 0 Å². The summed E-state index contributed by atoms with van der Waals surface area (Å²) in [5.41, 5.74) is 4.34. The number of benzene rings is 1. The first-order valence-electron chi connectivity index (χ1n) is 9.93. The molecule has 1 amide bonds. The summed E-state index contributed by atoms with van der Waals surface area (Å²) in [7, 11) is 0. The maximum Gasteiger partial charge on any atom is 0.339 e. The quantitative estimate of drug-likeness (QED) is 0.617. The minimum Gasteiger partial charge on any atom is -0.461 e. The first-order valence-corrected chi connectivity index (χ1v) is 9.93. The molecule has 2 heterocycles. The minimum absolute atomic E-state index is 0.0347. The SMILES string of the molecule is Cc1oc2c(C)c3oc(=O)c(CCC(=O)NCCC(C)C)c(C)c3cc2c1C. The van der Waals surface area contributed by atoms with Gasteiger partial charge in [0.05, 0.1) is 0 Å². The number of furan rings is 1. The van der Waals surface area contributed by atoms with Crippen LogP contribution in [0.15, 0.2) is 19.7 Å². The molecule has 1 N–H and O–H groups in total. The monoisotopic (exact) mass is 383 g/mol. The van der Waals surface area contributed by atoms with Gasteiger partial charge in [-0.05, 0) is 63.6 Å². The van der Waals surface area contributed by atoms with Crippen LogP contribution in [-0.2, 0) is 11.2 Å². The largest absolute Gasteiger partial charge is 0.461 e. The number of hydrogen-bond donors (Lipinski definition) is 1. The van der Waals surface area contributed by atoms with Crippen molar-refractivity contribution < 1.29 is 13.6 Å². The third-order valence-electron chi connectivity index (χ3n) is 5.59. The molecule has 5 heteroatoms. The van der Waals surface area contributed by atoms with Crippen molar-refractivity contribution in [3.05, 3.63) is 44.5 Å². The third kappa shape index (κ3) is 3.71. The van der Waals surface area contributed by atoms with E-state index in [0.717, 1.165) is 45.2 Å². The molecule has 0 unspecified atom stereocenters. The van der Waals surface area contributed by atoms with Crippen LogP contribution >= 0.6 is 0 Å². The molecule has 0 atom stereocenters. The number of hydrogen-bond acceptors (Lipinski definition) is 4. The molecule has 28 heavy (non-hydrogen) atoms. The molecule has 3 rings (SSSR count). The lowest BCUT2D eigenvalue weighted by atomic mass is 9.98. The van der Waals surface area contributed by atoms with Gasteiger partial charge < -0.3 is 14.2 Å². The average Bonchev–Trinajstić information content (AvgIpc) is 2.91. The lowest BCUT2D eigenvalue weighted by Crippen LogP contribution is -2.26. The second kappa shape index (κ2) is 7.82. The normalized spacial score (nSPS) is 11.7. The van der Waals surface area contributed by atoms with Crippen molar-refractivity contribution in [3.8, 4) is 0 Å². The lowest BCUT2D eigenvalue weighted by molar-refractivity contribution is -0.121. The summed E-state index contributed by atoms with van der Waals surface area (Å²) in [6.45, 7) is 12.7. The minimum atomic E-state index is -0.373. The van der Waals surface area contributed by atoms with Gasteiger partial charge in [-0.1, -0.05) is 13.8 Å². The Hall–Kier alpha value is -2.56. The Morgan fingerprint density at radius 1 is 1.00 bits per heavy atom. The number of nitrogens with one attached hydrogen (secondary N) is 1. The topological polar surface area (TPSA) is 72.5 Å². The molecule has 0 fully saturated rings. The standard InChI is InChI=1S/C23H29NO4/c1-12(2)9-10-24-20(25)8-7-17-14(4)19-11-18-13(3)16(6)27-21(18)15(5)22(19)28-23(17)26/h11-12H,7-10H2,1-6H3,(H,24,25). The number of amides is 1. The maximum absolute atomic E-state index is 12.6. The van der Waals surface area contributed by atoms with E-state index in [1.807, 2.05) is 33.8 Å². The van der Waals surface area contributed by atoms with Crippen LogP contribution in [-0.4, -0.2) is 12.5 Å². The molecular formula is C23H29NO4. The smallest absolute Gasteiger partial charge is 0.339 e. The van der Waals surface area contributed by atoms with Gasteiger partial charge in [-0.25, -0.2) is 4.79 Å². The summed E-state index contributed by atoms with van der Waals surface area (Å²) in [5.74, 6) is 1.38. The van der Waals surface area contributed by atoms with E-state index in [-0.39, 0.29) is 18.0 Å². The van der Waals surface area contributed by atoms with E-state index in [1.54, 1.807) is 0 Å². The van der Waals surface area contributed by atoms with Crippen LogP contribution in [0.1, 0.15) is 54.7 Å². The van der Waals surface area contributed by atoms with Gasteiger partial charge >= 0.3 is 5.63 Å². The van der Waals surface area contributed by atoms with Crippen LogP contribution in [0, 0.1) is 33.6 Å². The highest BCUT2D eigenvalue weighted by Gasteiger charge is 2.19. The Balaban J connectivity index is 1.94. The molecule has 0 aliphatic heterocycles. The number of aryl methyl sites for hydroxylation is 4. The molecule has 3 aromatic rings. The molecule has 0 saturated carbocycles. The fourth-order valence-electron chi connectivity index (χ4n) is 3.61. The molecule has 0 saturated heterocycles. The highest BCUT2D eigenvalue weighted by Crippen LogP contribution is 2.34. The maximum atomic E-state index is 12.6. The molecule has 0 aliphatic rings. The lowest BCUT2D eigenvalue weighted by Gasteiger charge is -2.10. The first-order chi connectivity index (χ1) is 13.2. The molecule has 0 aliphatic carbocycles. The van der Waals surface area contributed by atoms with E-state index in [2.05, 4.69) is 19.2 Å². The highest BCUT2D eigenvalue weighted by atomic mass is 16.4. The fourth-order valence-corrected chi connectivity index (χ4v) is 3.61. The van der Waals surface area contributed by atoms with Crippen molar-refractivity contribution >= 4 is 27.8 Å². The zero-order chi connectivity index (χ0) is 20.6. The van der Waals surface area contributed by atoms with Crippen molar-refractivity contribution in [1.82, 2.24) is 5.32 Å². The summed E-state index contributed by atoms with van der Waals surface area (Å²) in [5, 5.41) is 4.86. The Morgan fingerprint density at radius 3 is 2.32 bits per heavy atom. The molecule has 0 bridgehead atoms. The number of rotatable bonds is 6. The predicted octanol–water partition coefficient (Wildman–Crippen LogP) is 4.87. The summed E-state index contributed by atoms with van der Waals surface area (Å²) >= 11 is 0. The zero-order valence-electron chi connectivity index (χ0n) is 17.6. The number of carbonyl (C=O) groups is 1. The molecule has 0 spiro atoms. The molecular weight excluding hydrogens is 354 g/mol. The van der Waals surface area contributed by atoms with Gasteiger partial charge in [0, 0.05) is 34.9 Å². The van der Waals surface area contributed by atoms with E-state index < -0.39 is 0 Å². The van der Waals surface area contributed by atoms with Gasteiger partial charge in [0.2, 0.25) is 5.91 Å². The fraction of sp³-hybridized carbons (Fsp3) is 0.478. The van der Waals surface area contributed by atoms with Gasteiger partial charge in [-0.3, -0.25) is 4.79 Å². The van der Waals surface area contributed by atoms with Crippen LogP contribution < -0.4 is 10.9 Å². The van der Waals surface area contributed by atoms with Gasteiger partial charge in [-0.2, -0.15) is 0 Å². The summed E-state index contributed by atoms with van der Waals surface area (Å²) < 4.78 is 11.5. The molecule has 1 aromatic carbocycles. The summed E-state index contributed by atoms with van der Waals surface area (Å²) in [6, 6.07) is 2.04. The molecule has 150 valence electrons. The van der Waals surface area contributed by atoms with E-state index in [0.29, 0.717) is 30.0 Å². The Kier molecular flexibility index (Phi) is 5.64. The van der Waals surface area contributed by atoms with Crippen LogP contribution in [0.25, 0.3) is 21.9 Å². The van der Waals surface area contributed by atoms with Crippen molar-refractivity contribution in [2.45, 2.75) is 60.8 Å². The predicted molar refractivity (Wildman–Crippen MR) is 112 cm³/mol. The van der Waals surface area contributed by atoms with Gasteiger partial charge in [0.25, 0.3) is 0 Å². The third-order valence-corrected chi connectivity index (χ3v) is 5.59. The Bertz CT molecular complexity index is 1100. The second-order valence-electron chi connectivity index (χ2n) is 8.06. The van der Waals surface area contributed by atoms with E-state index in [9.17, 15) is 9.59 Å². The van der Waals surface area contributed by atoms with Gasteiger partial charge in [0.1, 0.15) is 16.9 Å². The number of carbonyl (C=O) groups excluding carboxylic acids is 1. The van der Waals surface area contributed by atoms with Crippen LogP contribution in [0.5, 0.6) is 0 Å². The molecule has 0 radical (unpaired) electrons. The van der Waals surface area contributed by atoms with E-state index >= 15 is 0 Å². The van der Waals surface area contributed by atoms with E-state index in [4.69, 9.17) is 8.83 Å². The first kappa shape index (κ1) is 20.2. The summed E-state index contributed by atoms with van der Waals surface area (Å²) in [4.78, 5) is 24.7. The van der Waals surface area contributed by atoms with Crippen molar-refractivity contribution in [2.24, 2.45) is 5.92 Å². The summed E-state index contributed by atoms with van der Waals surface area (Å²) in [6.07, 6.45) is 1.60. The van der Waals surface area contributed by atoms with E-state index in [1.165, 1.54) is 0 Å². The van der Waals surface area contributed by atoms with Gasteiger partial charge in [-0.15, -0.1) is 0 Å². The Labute approximate surface area is 165 Å². The van der Waals surface area contributed by atoms with Crippen molar-refractivity contribution in [1.29, 1.82) is 0 Å². The second-order valence-corrected chi connectivity index (χ2v) is 8.06. The zero-order valence-corrected chi connectivity index (χ0v) is 17.6. The molecule has 5 nitrogen and oxygen atoms in total. The highest BCUT2D eigenvalue weighted by molar-refractivity contribution is 6.00.